The van der Waals surface area contributed by atoms with Crippen molar-refractivity contribution in [3.8, 4) is 17.0 Å². The standard InChI is InChI=1S/C34H39FN4O3/c1-2-41-26-8-15-36-28(17-26)23-4-3-5-25(16-23)39(30(40)27-20-34(35)18-24(27)19-34)21-32-9-12-33(13-10-32,14-11-32)31-37-29(38-42-31)22-6-7-22/h3-5,8,15-17,22,24,27H,2,6-7,9-14,18-21H2,1H3. The monoisotopic (exact) mass is 570 g/mol. The van der Waals surface area contributed by atoms with Crippen LogP contribution in [0.2, 0.25) is 0 Å². The summed E-state index contributed by atoms with van der Waals surface area (Å²) in [6.45, 7) is 3.21. The van der Waals surface area contributed by atoms with Gasteiger partial charge in [0.25, 0.3) is 0 Å². The van der Waals surface area contributed by atoms with Crippen LogP contribution in [0.1, 0.15) is 95.2 Å². The number of rotatable bonds is 9. The molecular weight excluding hydrogens is 531 g/mol. The molecule has 220 valence electrons. The van der Waals surface area contributed by atoms with Crippen LogP contribution in [0.25, 0.3) is 11.3 Å². The molecule has 1 aromatic carbocycles. The maximum absolute atomic E-state index is 15.0. The Balaban J connectivity index is 1.07. The fourth-order valence-corrected chi connectivity index (χ4v) is 8.45. The number of benzene rings is 1. The van der Waals surface area contributed by atoms with E-state index in [-0.39, 0.29) is 28.6 Å². The largest absolute Gasteiger partial charge is 0.494 e. The fraction of sp³-hybridized carbons (Fsp3) is 0.588. The molecule has 10 rings (SSSR count). The van der Waals surface area contributed by atoms with E-state index in [0.717, 1.165) is 72.9 Å². The quantitative estimate of drug-likeness (QED) is 0.271. The Hall–Kier alpha value is -3.29. The molecule has 2 heterocycles. The molecule has 1 unspecified atom stereocenters. The molecule has 7 aliphatic carbocycles. The van der Waals surface area contributed by atoms with Gasteiger partial charge in [0.15, 0.2) is 5.82 Å². The van der Waals surface area contributed by atoms with Gasteiger partial charge in [-0.25, -0.2) is 4.39 Å². The third kappa shape index (κ3) is 4.44. The highest BCUT2D eigenvalue weighted by Crippen LogP contribution is 2.60. The first-order valence-electron chi connectivity index (χ1n) is 15.9. The molecule has 1 amide bonds. The maximum atomic E-state index is 15.0. The Labute approximate surface area is 246 Å². The Kier molecular flexibility index (Phi) is 6.03. The van der Waals surface area contributed by atoms with Gasteiger partial charge in [0.1, 0.15) is 11.4 Å². The van der Waals surface area contributed by atoms with Crippen molar-refractivity contribution < 1.29 is 18.4 Å². The van der Waals surface area contributed by atoms with Crippen LogP contribution in [0.5, 0.6) is 5.75 Å². The van der Waals surface area contributed by atoms with E-state index in [0.29, 0.717) is 38.3 Å². The number of carbonyl (C=O) groups excluding carboxylic acids is 1. The SMILES string of the molecule is CCOc1ccnc(-c2cccc(N(CC34CCC(c5nc(C6CC6)no5)(CC3)CC4)C(=O)C3CC4(F)CC3C4)c2)c1. The Morgan fingerprint density at radius 3 is 2.55 bits per heavy atom. The molecule has 0 N–H and O–H groups in total. The van der Waals surface area contributed by atoms with E-state index in [4.69, 9.17) is 14.2 Å². The number of aromatic nitrogens is 3. The molecule has 7 fully saturated rings. The maximum Gasteiger partial charge on any atom is 0.232 e. The van der Waals surface area contributed by atoms with Crippen molar-refractivity contribution in [2.24, 2.45) is 17.3 Å². The Morgan fingerprint density at radius 1 is 1.07 bits per heavy atom. The molecule has 7 saturated carbocycles. The van der Waals surface area contributed by atoms with E-state index in [9.17, 15) is 9.18 Å². The minimum Gasteiger partial charge on any atom is -0.494 e. The summed E-state index contributed by atoms with van der Waals surface area (Å²) in [5.41, 5.74) is 1.50. The van der Waals surface area contributed by atoms with Crippen molar-refractivity contribution in [1.29, 1.82) is 0 Å². The summed E-state index contributed by atoms with van der Waals surface area (Å²) in [6.07, 6.45) is 11.6. The minimum atomic E-state index is -1.14. The van der Waals surface area contributed by atoms with Gasteiger partial charge in [0.2, 0.25) is 11.8 Å². The topological polar surface area (TPSA) is 81.3 Å². The zero-order valence-electron chi connectivity index (χ0n) is 24.4. The molecule has 7 aliphatic rings. The molecule has 3 aromatic rings. The second kappa shape index (κ2) is 9.61. The van der Waals surface area contributed by atoms with Crippen molar-refractivity contribution in [2.45, 2.75) is 94.6 Å². The second-order valence-corrected chi connectivity index (χ2v) is 13.9. The second-order valence-electron chi connectivity index (χ2n) is 13.9. The van der Waals surface area contributed by atoms with Gasteiger partial charge in [-0.2, -0.15) is 4.98 Å². The summed E-state index contributed by atoms with van der Waals surface area (Å²) < 4.78 is 26.5. The third-order valence-electron chi connectivity index (χ3n) is 11.2. The number of fused-ring (bicyclic) bond motifs is 4. The summed E-state index contributed by atoms with van der Waals surface area (Å²) in [4.78, 5) is 25.8. The smallest absolute Gasteiger partial charge is 0.232 e. The number of ether oxygens (including phenoxy) is 1. The van der Waals surface area contributed by atoms with Crippen LogP contribution in [0.4, 0.5) is 10.1 Å². The predicted octanol–water partition coefficient (Wildman–Crippen LogP) is 7.17. The van der Waals surface area contributed by atoms with Crippen LogP contribution in [-0.2, 0) is 10.2 Å². The van der Waals surface area contributed by atoms with E-state index in [1.807, 2.05) is 42.2 Å². The van der Waals surface area contributed by atoms with Gasteiger partial charge >= 0.3 is 0 Å². The number of hydrogen-bond donors (Lipinski definition) is 0. The van der Waals surface area contributed by atoms with Crippen LogP contribution in [0.3, 0.4) is 0 Å². The van der Waals surface area contributed by atoms with Gasteiger partial charge in [-0.05, 0) is 107 Å². The summed E-state index contributed by atoms with van der Waals surface area (Å²) in [7, 11) is 0. The molecule has 42 heavy (non-hydrogen) atoms. The van der Waals surface area contributed by atoms with Crippen LogP contribution < -0.4 is 9.64 Å². The Bertz CT molecular complexity index is 1490. The number of anilines is 1. The van der Waals surface area contributed by atoms with Gasteiger partial charge in [0, 0.05) is 47.3 Å². The first-order chi connectivity index (χ1) is 20.4. The highest BCUT2D eigenvalue weighted by Gasteiger charge is 2.60. The highest BCUT2D eigenvalue weighted by molar-refractivity contribution is 5.96. The van der Waals surface area contributed by atoms with Crippen LogP contribution in [0, 0.1) is 17.3 Å². The molecule has 0 spiro atoms. The number of carbonyl (C=O) groups is 1. The summed E-state index contributed by atoms with van der Waals surface area (Å²) in [5, 5.41) is 4.32. The lowest BCUT2D eigenvalue weighted by molar-refractivity contribution is -0.123. The van der Waals surface area contributed by atoms with Gasteiger partial charge in [-0.1, -0.05) is 17.3 Å². The first kappa shape index (κ1) is 26.3. The van der Waals surface area contributed by atoms with Crippen LogP contribution >= 0.6 is 0 Å². The molecule has 1 atom stereocenters. The minimum absolute atomic E-state index is 0.0266. The number of nitrogens with zero attached hydrogens (tertiary/aromatic N) is 4. The van der Waals surface area contributed by atoms with Gasteiger partial charge in [0.05, 0.1) is 12.3 Å². The van der Waals surface area contributed by atoms with Crippen molar-refractivity contribution in [1.82, 2.24) is 15.1 Å². The zero-order valence-corrected chi connectivity index (χ0v) is 24.4. The molecule has 2 aromatic heterocycles. The molecular formula is C34H39FN4O3. The van der Waals surface area contributed by atoms with E-state index in [1.54, 1.807) is 6.20 Å². The van der Waals surface area contributed by atoms with E-state index in [1.165, 1.54) is 12.8 Å². The molecule has 8 heteroatoms. The summed E-state index contributed by atoms with van der Waals surface area (Å²) in [6, 6.07) is 11.9. The number of alkyl halides is 1. The highest BCUT2D eigenvalue weighted by atomic mass is 19.1. The van der Waals surface area contributed by atoms with E-state index < -0.39 is 5.67 Å². The first-order valence-corrected chi connectivity index (χ1v) is 15.9. The third-order valence-corrected chi connectivity index (χ3v) is 11.2. The van der Waals surface area contributed by atoms with E-state index in [2.05, 4.69) is 16.2 Å². The van der Waals surface area contributed by atoms with Gasteiger partial charge in [-0.15, -0.1) is 0 Å². The number of halogens is 1. The van der Waals surface area contributed by atoms with Crippen molar-refractivity contribution in [3.05, 3.63) is 54.3 Å². The number of amides is 1. The zero-order chi connectivity index (χ0) is 28.5. The lowest BCUT2D eigenvalue weighted by atomic mass is 9.53. The average molecular weight is 571 g/mol. The van der Waals surface area contributed by atoms with Crippen molar-refractivity contribution in [2.75, 3.05) is 18.1 Å². The summed E-state index contributed by atoms with van der Waals surface area (Å²) >= 11 is 0. The Morgan fingerprint density at radius 2 is 1.86 bits per heavy atom. The number of pyridine rings is 1. The lowest BCUT2D eigenvalue weighted by Gasteiger charge is -2.53. The van der Waals surface area contributed by atoms with Crippen molar-refractivity contribution >= 4 is 11.6 Å². The van der Waals surface area contributed by atoms with Gasteiger partial charge < -0.3 is 14.2 Å². The van der Waals surface area contributed by atoms with Crippen LogP contribution in [0.15, 0.2) is 47.1 Å². The lowest BCUT2D eigenvalue weighted by Crippen LogP contribution is -2.51. The molecule has 0 radical (unpaired) electrons. The average Bonchev–Trinajstić information content (AvgIpc) is 3.48. The molecule has 4 bridgehead atoms. The van der Waals surface area contributed by atoms with Gasteiger partial charge in [-0.3, -0.25) is 9.78 Å². The predicted molar refractivity (Wildman–Crippen MR) is 156 cm³/mol. The molecule has 0 saturated heterocycles. The summed E-state index contributed by atoms with van der Waals surface area (Å²) in [5.74, 6) is 3.01. The normalized spacial score (nSPS) is 32.9. The van der Waals surface area contributed by atoms with E-state index >= 15 is 0 Å². The number of hydrogen-bond acceptors (Lipinski definition) is 6. The van der Waals surface area contributed by atoms with Crippen molar-refractivity contribution in [3.63, 3.8) is 0 Å². The fourth-order valence-electron chi connectivity index (χ4n) is 8.45. The molecule has 7 nitrogen and oxygen atoms in total. The van der Waals surface area contributed by atoms with Crippen LogP contribution in [-0.4, -0.2) is 39.9 Å². The molecule has 0 aliphatic heterocycles.